The van der Waals surface area contributed by atoms with Gasteiger partial charge in [-0.25, -0.2) is 0 Å². The lowest BCUT2D eigenvalue weighted by Crippen LogP contribution is -2.33. The molecule has 0 heterocycles. The van der Waals surface area contributed by atoms with E-state index in [1.54, 1.807) is 0 Å². The Labute approximate surface area is 110 Å². The van der Waals surface area contributed by atoms with E-state index in [2.05, 4.69) is 31.3 Å². The van der Waals surface area contributed by atoms with Crippen LogP contribution in [0.1, 0.15) is 45.2 Å². The van der Waals surface area contributed by atoms with E-state index in [1.165, 1.54) is 0 Å². The van der Waals surface area contributed by atoms with Crippen molar-refractivity contribution in [3.8, 4) is 0 Å². The predicted molar refractivity (Wildman–Crippen MR) is 75.0 cm³/mol. The molecule has 0 aromatic heterocycles. The monoisotopic (exact) mass is 248 g/mol. The summed E-state index contributed by atoms with van der Waals surface area (Å²) < 4.78 is 0. The summed E-state index contributed by atoms with van der Waals surface area (Å²) in [5.41, 5.74) is 6.80. The largest absolute Gasteiger partial charge is 0.349 e. The maximum atomic E-state index is 11.8. The van der Waals surface area contributed by atoms with Crippen molar-refractivity contribution in [1.29, 1.82) is 0 Å². The zero-order chi connectivity index (χ0) is 13.5. The molecule has 0 saturated carbocycles. The molecule has 0 aliphatic rings. The second kappa shape index (κ2) is 7.17. The smallest absolute Gasteiger partial charge is 0.222 e. The number of amides is 1. The van der Waals surface area contributed by atoms with Crippen molar-refractivity contribution in [2.24, 2.45) is 11.7 Å². The molecule has 2 atom stereocenters. The van der Waals surface area contributed by atoms with E-state index in [9.17, 15) is 4.79 Å². The maximum absolute atomic E-state index is 11.8. The minimum absolute atomic E-state index is 0.0273. The van der Waals surface area contributed by atoms with Crippen molar-refractivity contribution in [1.82, 2.24) is 5.32 Å². The molecule has 18 heavy (non-hydrogen) atoms. The van der Waals surface area contributed by atoms with Crippen LogP contribution in [0.5, 0.6) is 0 Å². The van der Waals surface area contributed by atoms with Gasteiger partial charge in [-0.05, 0) is 24.8 Å². The maximum Gasteiger partial charge on any atom is 0.222 e. The molecule has 0 aliphatic carbocycles. The predicted octanol–water partition coefficient (Wildman–Crippen LogP) is 2.63. The summed E-state index contributed by atoms with van der Waals surface area (Å²) in [6.45, 7) is 6.17. The summed E-state index contributed by atoms with van der Waals surface area (Å²) in [7, 11) is 0. The standard InChI is InChI=1S/C15H24N2O/c1-11(2)9-14(13-7-5-4-6-8-13)17-15(18)10-12(3)16/h4-8,11-12,14H,9-10,16H2,1-3H3,(H,17,18). The molecule has 0 fully saturated rings. The first kappa shape index (κ1) is 14.7. The highest BCUT2D eigenvalue weighted by Gasteiger charge is 2.16. The van der Waals surface area contributed by atoms with Gasteiger partial charge >= 0.3 is 0 Å². The molecule has 3 N–H and O–H groups in total. The number of carbonyl (C=O) groups is 1. The summed E-state index contributed by atoms with van der Waals surface area (Å²) in [6.07, 6.45) is 1.32. The highest BCUT2D eigenvalue weighted by atomic mass is 16.1. The topological polar surface area (TPSA) is 55.1 Å². The molecule has 3 nitrogen and oxygen atoms in total. The Kier molecular flexibility index (Phi) is 5.86. The molecule has 2 unspecified atom stereocenters. The van der Waals surface area contributed by atoms with Gasteiger partial charge in [0.2, 0.25) is 5.91 Å². The average Bonchev–Trinajstić information content (AvgIpc) is 2.27. The highest BCUT2D eigenvalue weighted by Crippen LogP contribution is 2.21. The Morgan fingerprint density at radius 1 is 1.22 bits per heavy atom. The molecule has 1 aromatic rings. The van der Waals surface area contributed by atoms with Crippen molar-refractivity contribution in [3.63, 3.8) is 0 Å². The summed E-state index contributed by atoms with van der Waals surface area (Å²) >= 11 is 0. The summed E-state index contributed by atoms with van der Waals surface area (Å²) in [4.78, 5) is 11.8. The molecule has 1 aromatic carbocycles. The van der Waals surface area contributed by atoms with E-state index in [4.69, 9.17) is 5.73 Å². The zero-order valence-electron chi connectivity index (χ0n) is 11.5. The van der Waals surface area contributed by atoms with E-state index in [-0.39, 0.29) is 18.0 Å². The van der Waals surface area contributed by atoms with Crippen molar-refractivity contribution in [2.45, 2.75) is 45.7 Å². The number of rotatable bonds is 6. The van der Waals surface area contributed by atoms with E-state index >= 15 is 0 Å². The molecule has 0 aliphatic heterocycles. The van der Waals surface area contributed by atoms with Crippen LogP contribution in [0.4, 0.5) is 0 Å². The summed E-state index contributed by atoms with van der Waals surface area (Å²) in [6, 6.07) is 10.1. The first-order chi connectivity index (χ1) is 8.49. The van der Waals surface area contributed by atoms with E-state index in [0.29, 0.717) is 12.3 Å². The lowest BCUT2D eigenvalue weighted by Gasteiger charge is -2.21. The van der Waals surface area contributed by atoms with Gasteiger partial charge in [-0.2, -0.15) is 0 Å². The molecular formula is C15H24N2O. The molecule has 100 valence electrons. The van der Waals surface area contributed by atoms with Crippen LogP contribution >= 0.6 is 0 Å². The van der Waals surface area contributed by atoms with Gasteiger partial charge in [0.25, 0.3) is 0 Å². The van der Waals surface area contributed by atoms with Crippen molar-refractivity contribution in [2.75, 3.05) is 0 Å². The van der Waals surface area contributed by atoms with Gasteiger partial charge in [0.05, 0.1) is 6.04 Å². The average molecular weight is 248 g/mol. The van der Waals surface area contributed by atoms with Crippen LogP contribution < -0.4 is 11.1 Å². The third-order valence-electron chi connectivity index (χ3n) is 2.75. The summed E-state index contributed by atoms with van der Waals surface area (Å²) in [5.74, 6) is 0.560. The van der Waals surface area contributed by atoms with Gasteiger partial charge in [0, 0.05) is 12.5 Å². The first-order valence-corrected chi connectivity index (χ1v) is 6.59. The minimum atomic E-state index is -0.0968. The SMILES string of the molecule is CC(C)CC(NC(=O)CC(C)N)c1ccccc1. The Balaban J connectivity index is 2.70. The molecule has 0 radical (unpaired) electrons. The number of hydrogen-bond acceptors (Lipinski definition) is 2. The number of hydrogen-bond donors (Lipinski definition) is 2. The first-order valence-electron chi connectivity index (χ1n) is 6.59. The zero-order valence-corrected chi connectivity index (χ0v) is 11.5. The quantitative estimate of drug-likeness (QED) is 0.813. The highest BCUT2D eigenvalue weighted by molar-refractivity contribution is 5.77. The molecule has 3 heteroatoms. The van der Waals surface area contributed by atoms with Crippen LogP contribution in [-0.2, 0) is 4.79 Å². The third-order valence-corrected chi connectivity index (χ3v) is 2.75. The van der Waals surface area contributed by atoms with Crippen LogP contribution in [0, 0.1) is 5.92 Å². The van der Waals surface area contributed by atoms with Crippen LogP contribution in [0.3, 0.4) is 0 Å². The molecule has 0 spiro atoms. The molecule has 0 saturated heterocycles. The minimum Gasteiger partial charge on any atom is -0.349 e. The fourth-order valence-electron chi connectivity index (χ4n) is 1.98. The molecular weight excluding hydrogens is 224 g/mol. The van der Waals surface area contributed by atoms with Crippen LogP contribution in [0.25, 0.3) is 0 Å². The number of carbonyl (C=O) groups excluding carboxylic acids is 1. The van der Waals surface area contributed by atoms with Gasteiger partial charge in [-0.1, -0.05) is 44.2 Å². The Bertz CT molecular complexity index is 360. The lowest BCUT2D eigenvalue weighted by atomic mass is 9.97. The molecule has 1 rings (SSSR count). The van der Waals surface area contributed by atoms with Crippen molar-refractivity contribution in [3.05, 3.63) is 35.9 Å². The second-order valence-corrected chi connectivity index (χ2v) is 5.34. The van der Waals surface area contributed by atoms with Gasteiger partial charge in [0.15, 0.2) is 0 Å². The Morgan fingerprint density at radius 3 is 2.33 bits per heavy atom. The van der Waals surface area contributed by atoms with Gasteiger partial charge in [-0.15, -0.1) is 0 Å². The lowest BCUT2D eigenvalue weighted by molar-refractivity contribution is -0.122. The van der Waals surface area contributed by atoms with Gasteiger partial charge in [0.1, 0.15) is 0 Å². The van der Waals surface area contributed by atoms with E-state index in [0.717, 1.165) is 12.0 Å². The Morgan fingerprint density at radius 2 is 1.83 bits per heavy atom. The fourth-order valence-corrected chi connectivity index (χ4v) is 1.98. The van der Waals surface area contributed by atoms with Gasteiger partial charge in [-0.3, -0.25) is 4.79 Å². The third kappa shape index (κ3) is 5.32. The van der Waals surface area contributed by atoms with E-state index < -0.39 is 0 Å². The van der Waals surface area contributed by atoms with Crippen LogP contribution in [-0.4, -0.2) is 11.9 Å². The second-order valence-electron chi connectivity index (χ2n) is 5.34. The van der Waals surface area contributed by atoms with Crippen LogP contribution in [0.2, 0.25) is 0 Å². The van der Waals surface area contributed by atoms with Crippen molar-refractivity contribution < 1.29 is 4.79 Å². The van der Waals surface area contributed by atoms with Gasteiger partial charge < -0.3 is 11.1 Å². The summed E-state index contributed by atoms with van der Waals surface area (Å²) in [5, 5.41) is 3.08. The fraction of sp³-hybridized carbons (Fsp3) is 0.533. The number of benzene rings is 1. The van der Waals surface area contributed by atoms with Crippen molar-refractivity contribution >= 4 is 5.91 Å². The number of nitrogens with two attached hydrogens (primary N) is 1. The van der Waals surface area contributed by atoms with Crippen LogP contribution in [0.15, 0.2) is 30.3 Å². The number of nitrogens with one attached hydrogen (secondary N) is 1. The van der Waals surface area contributed by atoms with E-state index in [1.807, 2.05) is 25.1 Å². The normalized spacial score (nSPS) is 14.3. The molecule has 0 bridgehead atoms. The molecule has 1 amide bonds. The Hall–Kier alpha value is -1.35.